The van der Waals surface area contributed by atoms with Crippen LogP contribution in [-0.4, -0.2) is 17.4 Å². The molecule has 2 aliphatic rings. The van der Waals surface area contributed by atoms with Gasteiger partial charge in [-0.1, -0.05) is 13.0 Å². The first-order valence-electron chi connectivity index (χ1n) is 7.16. The summed E-state index contributed by atoms with van der Waals surface area (Å²) in [7, 11) is 0. The fraction of sp³-hybridized carbons (Fsp3) is 0.438. The molecule has 0 spiro atoms. The van der Waals surface area contributed by atoms with E-state index in [2.05, 4.69) is 40.8 Å². The molecule has 0 N–H and O–H groups in total. The van der Waals surface area contributed by atoms with Crippen LogP contribution in [0.5, 0.6) is 0 Å². The minimum Gasteiger partial charge on any atom is -0.330 e. The van der Waals surface area contributed by atoms with Crippen molar-refractivity contribution in [2.75, 3.05) is 6.54 Å². The number of amides is 1. The second kappa shape index (κ2) is 4.71. The van der Waals surface area contributed by atoms with Crippen LogP contribution in [0.4, 0.5) is 0 Å². The number of nitrogens with zero attached hydrogens (tertiary/aromatic N) is 1. The van der Waals surface area contributed by atoms with Crippen molar-refractivity contribution in [1.82, 2.24) is 4.90 Å². The van der Waals surface area contributed by atoms with Gasteiger partial charge >= 0.3 is 0 Å². The zero-order valence-corrected chi connectivity index (χ0v) is 13.0. The van der Waals surface area contributed by atoms with Gasteiger partial charge in [0.2, 0.25) is 5.91 Å². The fourth-order valence-corrected chi connectivity index (χ4v) is 4.94. The second-order valence-corrected chi connectivity index (χ2v) is 7.80. The molecule has 0 bridgehead atoms. The van der Waals surface area contributed by atoms with E-state index in [9.17, 15) is 4.79 Å². The molecule has 3 atom stereocenters. The van der Waals surface area contributed by atoms with E-state index >= 15 is 0 Å². The molecule has 4 rings (SSSR count). The average Bonchev–Trinajstić information content (AvgIpc) is 2.92. The lowest BCUT2D eigenvalue weighted by Crippen LogP contribution is -2.40. The highest BCUT2D eigenvalue weighted by Gasteiger charge is 2.44. The molecule has 3 heterocycles. The second-order valence-electron chi connectivity index (χ2n) is 5.82. The van der Waals surface area contributed by atoms with Gasteiger partial charge in [0.05, 0.1) is 6.04 Å². The maximum atomic E-state index is 12.7. The predicted molar refractivity (Wildman–Crippen MR) is 83.2 cm³/mol. The first-order valence-corrected chi connectivity index (χ1v) is 8.92. The lowest BCUT2D eigenvalue weighted by Gasteiger charge is -2.35. The summed E-state index contributed by atoms with van der Waals surface area (Å²) in [5.41, 5.74) is 1.35. The molecule has 1 fully saturated rings. The SMILES string of the molecule is C[C@@H]1C[C@H]1C(=O)N1CCc2sccc2[C@H]1c1cccs1. The minimum absolute atomic E-state index is 0.158. The van der Waals surface area contributed by atoms with Crippen molar-refractivity contribution in [3.8, 4) is 0 Å². The summed E-state index contributed by atoms with van der Waals surface area (Å²) in [4.78, 5) is 17.6. The highest BCUT2D eigenvalue weighted by molar-refractivity contribution is 7.10. The number of hydrogen-bond acceptors (Lipinski definition) is 3. The molecule has 4 heteroatoms. The summed E-state index contributed by atoms with van der Waals surface area (Å²) in [6.45, 7) is 3.06. The number of carbonyl (C=O) groups excluding carboxylic acids is 1. The molecule has 0 unspecified atom stereocenters. The van der Waals surface area contributed by atoms with Crippen molar-refractivity contribution >= 4 is 28.6 Å². The van der Waals surface area contributed by atoms with Gasteiger partial charge in [-0.3, -0.25) is 4.79 Å². The Labute approximate surface area is 127 Å². The van der Waals surface area contributed by atoms with Gasteiger partial charge in [-0.2, -0.15) is 0 Å². The van der Waals surface area contributed by atoms with Crippen molar-refractivity contribution < 1.29 is 4.79 Å². The lowest BCUT2D eigenvalue weighted by molar-refractivity contribution is -0.134. The molecule has 1 amide bonds. The number of hydrogen-bond donors (Lipinski definition) is 0. The molecule has 1 aliphatic heterocycles. The zero-order chi connectivity index (χ0) is 13.7. The molecular formula is C16H17NOS2. The van der Waals surface area contributed by atoms with Gasteiger partial charge in [0, 0.05) is 22.2 Å². The van der Waals surface area contributed by atoms with E-state index in [1.807, 2.05) is 11.3 Å². The molecule has 0 radical (unpaired) electrons. The normalized spacial score (nSPS) is 28.2. The molecular weight excluding hydrogens is 286 g/mol. The van der Waals surface area contributed by atoms with Crippen LogP contribution in [0.15, 0.2) is 29.0 Å². The Morgan fingerprint density at radius 3 is 2.85 bits per heavy atom. The molecule has 2 aromatic rings. The van der Waals surface area contributed by atoms with Crippen LogP contribution >= 0.6 is 22.7 Å². The molecule has 2 aromatic heterocycles. The van der Waals surface area contributed by atoms with Crippen molar-refractivity contribution in [2.24, 2.45) is 11.8 Å². The zero-order valence-electron chi connectivity index (χ0n) is 11.4. The smallest absolute Gasteiger partial charge is 0.226 e. The number of carbonyl (C=O) groups is 1. The Bertz CT molecular complexity index is 631. The maximum absolute atomic E-state index is 12.7. The van der Waals surface area contributed by atoms with Gasteiger partial charge in [-0.15, -0.1) is 22.7 Å². The molecule has 1 saturated carbocycles. The van der Waals surface area contributed by atoms with Gasteiger partial charge in [0.1, 0.15) is 0 Å². The summed E-state index contributed by atoms with van der Waals surface area (Å²) < 4.78 is 0. The molecule has 20 heavy (non-hydrogen) atoms. The van der Waals surface area contributed by atoms with Crippen LogP contribution in [-0.2, 0) is 11.2 Å². The van der Waals surface area contributed by atoms with E-state index in [0.717, 1.165) is 19.4 Å². The molecule has 0 aromatic carbocycles. The molecule has 2 nitrogen and oxygen atoms in total. The predicted octanol–water partition coefficient (Wildman–Crippen LogP) is 3.94. The van der Waals surface area contributed by atoms with Gasteiger partial charge in [0.15, 0.2) is 0 Å². The van der Waals surface area contributed by atoms with Crippen LogP contribution in [0.25, 0.3) is 0 Å². The number of rotatable bonds is 2. The Hall–Kier alpha value is -1.13. The Morgan fingerprint density at radius 1 is 1.30 bits per heavy atom. The highest BCUT2D eigenvalue weighted by atomic mass is 32.1. The van der Waals surface area contributed by atoms with Gasteiger partial charge < -0.3 is 4.90 Å². The van der Waals surface area contributed by atoms with Crippen LogP contribution in [0.3, 0.4) is 0 Å². The Kier molecular flexibility index (Phi) is 2.97. The van der Waals surface area contributed by atoms with Crippen molar-refractivity contribution in [3.05, 3.63) is 44.3 Å². The van der Waals surface area contributed by atoms with Gasteiger partial charge in [0.25, 0.3) is 0 Å². The van der Waals surface area contributed by atoms with Gasteiger partial charge in [-0.05, 0) is 47.2 Å². The van der Waals surface area contributed by atoms with Gasteiger partial charge in [-0.25, -0.2) is 0 Å². The van der Waals surface area contributed by atoms with Crippen molar-refractivity contribution in [1.29, 1.82) is 0 Å². The van der Waals surface area contributed by atoms with E-state index in [0.29, 0.717) is 11.8 Å². The third kappa shape index (κ3) is 1.93. The van der Waals surface area contributed by atoms with E-state index < -0.39 is 0 Å². The summed E-state index contributed by atoms with van der Waals surface area (Å²) in [6, 6.07) is 6.62. The molecule has 1 aliphatic carbocycles. The van der Waals surface area contributed by atoms with E-state index in [1.165, 1.54) is 15.3 Å². The third-order valence-corrected chi connectivity index (χ3v) is 6.41. The van der Waals surface area contributed by atoms with E-state index in [-0.39, 0.29) is 12.0 Å². The summed E-state index contributed by atoms with van der Waals surface area (Å²) in [6.07, 6.45) is 2.09. The van der Waals surface area contributed by atoms with E-state index in [4.69, 9.17) is 0 Å². The third-order valence-electron chi connectivity index (χ3n) is 4.49. The minimum atomic E-state index is 0.158. The molecule has 0 saturated heterocycles. The first-order chi connectivity index (χ1) is 9.75. The quantitative estimate of drug-likeness (QED) is 0.823. The maximum Gasteiger partial charge on any atom is 0.226 e. The average molecular weight is 303 g/mol. The summed E-state index contributed by atoms with van der Waals surface area (Å²) in [5, 5.41) is 4.28. The van der Waals surface area contributed by atoms with Crippen LogP contribution < -0.4 is 0 Å². The Morgan fingerprint density at radius 2 is 2.15 bits per heavy atom. The highest BCUT2D eigenvalue weighted by Crippen LogP contribution is 2.45. The summed E-state index contributed by atoms with van der Waals surface area (Å²) in [5.74, 6) is 1.22. The molecule has 104 valence electrons. The largest absolute Gasteiger partial charge is 0.330 e. The van der Waals surface area contributed by atoms with Crippen molar-refractivity contribution in [2.45, 2.75) is 25.8 Å². The van der Waals surface area contributed by atoms with Crippen LogP contribution in [0, 0.1) is 11.8 Å². The summed E-state index contributed by atoms with van der Waals surface area (Å²) >= 11 is 3.59. The lowest BCUT2D eigenvalue weighted by atomic mass is 9.98. The van der Waals surface area contributed by atoms with Crippen LogP contribution in [0.2, 0.25) is 0 Å². The standard InChI is InChI=1S/C16H17NOS2/c1-10-9-12(10)16(18)17-6-4-13-11(5-8-20-13)15(17)14-3-2-7-19-14/h2-3,5,7-8,10,12,15H,4,6,9H2,1H3/t10-,12-,15+/m1/s1. The Balaban J connectivity index is 1.73. The van der Waals surface area contributed by atoms with E-state index in [1.54, 1.807) is 11.3 Å². The number of thiophene rings is 2. The topological polar surface area (TPSA) is 20.3 Å². The first kappa shape index (κ1) is 12.6. The number of fused-ring (bicyclic) bond motifs is 1. The van der Waals surface area contributed by atoms with Crippen molar-refractivity contribution in [3.63, 3.8) is 0 Å². The monoisotopic (exact) mass is 303 g/mol. The van der Waals surface area contributed by atoms with Crippen LogP contribution in [0.1, 0.15) is 34.7 Å². The fourth-order valence-electron chi connectivity index (χ4n) is 3.19.